The lowest BCUT2D eigenvalue weighted by molar-refractivity contribution is -0.146. The van der Waals surface area contributed by atoms with Gasteiger partial charge in [0.1, 0.15) is 5.60 Å². The molecule has 20 heavy (non-hydrogen) atoms. The van der Waals surface area contributed by atoms with Gasteiger partial charge in [-0.05, 0) is 50.9 Å². The van der Waals surface area contributed by atoms with Crippen molar-refractivity contribution >= 4 is 5.91 Å². The van der Waals surface area contributed by atoms with E-state index in [2.05, 4.69) is 42.7 Å². The third-order valence-electron chi connectivity index (χ3n) is 4.15. The molecule has 1 aliphatic heterocycles. The molecule has 1 aromatic carbocycles. The van der Waals surface area contributed by atoms with Gasteiger partial charge in [-0.15, -0.1) is 0 Å². The van der Waals surface area contributed by atoms with Crippen LogP contribution in [0.25, 0.3) is 0 Å². The second kappa shape index (κ2) is 6.37. The van der Waals surface area contributed by atoms with E-state index in [1.807, 2.05) is 0 Å². The molecule has 1 fully saturated rings. The van der Waals surface area contributed by atoms with Gasteiger partial charge >= 0.3 is 0 Å². The van der Waals surface area contributed by atoms with Crippen LogP contribution in [0.4, 0.5) is 0 Å². The topological polar surface area (TPSA) is 50.4 Å². The van der Waals surface area contributed by atoms with E-state index in [-0.39, 0.29) is 5.91 Å². The number of benzene rings is 1. The first-order valence-electron chi connectivity index (χ1n) is 7.18. The molecular formula is C16H24N2O2. The summed E-state index contributed by atoms with van der Waals surface area (Å²) in [6.07, 6.45) is 1.45. The number of nitrogens with one attached hydrogen (secondary N) is 2. The fourth-order valence-electron chi connectivity index (χ4n) is 2.74. The molecule has 0 bridgehead atoms. The number of aryl methyl sites for hydroxylation is 2. The summed E-state index contributed by atoms with van der Waals surface area (Å²) < 4.78 is 5.53. The van der Waals surface area contributed by atoms with Crippen molar-refractivity contribution in [1.82, 2.24) is 10.6 Å². The van der Waals surface area contributed by atoms with Crippen LogP contribution in [-0.4, -0.2) is 31.7 Å². The van der Waals surface area contributed by atoms with E-state index in [1.165, 1.54) is 11.1 Å². The summed E-state index contributed by atoms with van der Waals surface area (Å²) in [5.74, 6) is 0.00137. The summed E-state index contributed by atoms with van der Waals surface area (Å²) in [6.45, 7) is 6.36. The summed E-state index contributed by atoms with van der Waals surface area (Å²) in [4.78, 5) is 12.4. The van der Waals surface area contributed by atoms with Gasteiger partial charge in [0.05, 0.1) is 0 Å². The zero-order valence-corrected chi connectivity index (χ0v) is 12.6. The Labute approximate surface area is 120 Å². The highest BCUT2D eigenvalue weighted by atomic mass is 16.5. The molecule has 110 valence electrons. The molecule has 1 aliphatic rings. The average molecular weight is 276 g/mol. The molecule has 1 heterocycles. The zero-order chi connectivity index (χ0) is 14.6. The van der Waals surface area contributed by atoms with Crippen molar-refractivity contribution in [2.75, 3.05) is 20.2 Å². The molecule has 0 aromatic heterocycles. The first-order valence-corrected chi connectivity index (χ1v) is 7.18. The normalized spacial score (nSPS) is 17.8. The predicted molar refractivity (Wildman–Crippen MR) is 79.6 cm³/mol. The Morgan fingerprint density at radius 3 is 2.65 bits per heavy atom. The molecule has 1 aromatic rings. The van der Waals surface area contributed by atoms with Crippen LogP contribution in [0.2, 0.25) is 0 Å². The number of piperidine rings is 1. The van der Waals surface area contributed by atoms with Gasteiger partial charge in [0.15, 0.2) is 0 Å². The van der Waals surface area contributed by atoms with E-state index in [9.17, 15) is 4.79 Å². The van der Waals surface area contributed by atoms with E-state index in [0.717, 1.165) is 31.5 Å². The molecule has 4 nitrogen and oxygen atoms in total. The Balaban J connectivity index is 2.00. The molecule has 0 aliphatic carbocycles. The van der Waals surface area contributed by atoms with Crippen LogP contribution >= 0.6 is 0 Å². The Morgan fingerprint density at radius 2 is 2.05 bits per heavy atom. The Bertz CT molecular complexity index is 479. The first-order chi connectivity index (χ1) is 9.57. The van der Waals surface area contributed by atoms with Gasteiger partial charge in [-0.1, -0.05) is 23.8 Å². The molecule has 0 atom stereocenters. The third-order valence-corrected chi connectivity index (χ3v) is 4.15. The van der Waals surface area contributed by atoms with Gasteiger partial charge in [-0.2, -0.15) is 0 Å². The van der Waals surface area contributed by atoms with Gasteiger partial charge < -0.3 is 15.4 Å². The lowest BCUT2D eigenvalue weighted by Gasteiger charge is -2.34. The van der Waals surface area contributed by atoms with E-state index in [4.69, 9.17) is 4.74 Å². The summed E-state index contributed by atoms with van der Waals surface area (Å²) >= 11 is 0. The minimum absolute atomic E-state index is 0.00137. The number of ether oxygens (including phenoxy) is 1. The number of hydrogen-bond donors (Lipinski definition) is 2. The maximum Gasteiger partial charge on any atom is 0.252 e. The second-order valence-corrected chi connectivity index (χ2v) is 5.56. The molecule has 4 heteroatoms. The quantitative estimate of drug-likeness (QED) is 0.880. The van der Waals surface area contributed by atoms with Crippen molar-refractivity contribution in [3.63, 3.8) is 0 Å². The first kappa shape index (κ1) is 15.0. The van der Waals surface area contributed by atoms with Crippen LogP contribution in [0.5, 0.6) is 0 Å². The number of carbonyl (C=O) groups is 1. The molecule has 0 unspecified atom stereocenters. The average Bonchev–Trinajstić information content (AvgIpc) is 2.46. The van der Waals surface area contributed by atoms with Gasteiger partial charge in [0.2, 0.25) is 0 Å². The molecular weight excluding hydrogens is 252 g/mol. The van der Waals surface area contributed by atoms with Crippen molar-refractivity contribution in [3.8, 4) is 0 Å². The summed E-state index contributed by atoms with van der Waals surface area (Å²) in [7, 11) is 1.63. The van der Waals surface area contributed by atoms with Crippen LogP contribution in [-0.2, 0) is 16.1 Å². The Morgan fingerprint density at radius 1 is 1.35 bits per heavy atom. The van der Waals surface area contributed by atoms with E-state index in [0.29, 0.717) is 6.54 Å². The third kappa shape index (κ3) is 3.19. The van der Waals surface area contributed by atoms with Gasteiger partial charge in [-0.25, -0.2) is 0 Å². The predicted octanol–water partition coefficient (Wildman–Crippen LogP) is 1.69. The fraction of sp³-hybridized carbons (Fsp3) is 0.562. The summed E-state index contributed by atoms with van der Waals surface area (Å²) in [5.41, 5.74) is 2.94. The van der Waals surface area contributed by atoms with Crippen molar-refractivity contribution in [2.24, 2.45) is 0 Å². The molecule has 0 spiro atoms. The van der Waals surface area contributed by atoms with Crippen LogP contribution in [0.1, 0.15) is 29.5 Å². The van der Waals surface area contributed by atoms with Crippen molar-refractivity contribution in [1.29, 1.82) is 0 Å². The Hall–Kier alpha value is -1.39. The highest BCUT2D eigenvalue weighted by molar-refractivity contribution is 5.85. The van der Waals surface area contributed by atoms with Crippen LogP contribution in [0.15, 0.2) is 18.2 Å². The summed E-state index contributed by atoms with van der Waals surface area (Å²) in [6, 6.07) is 6.29. The minimum atomic E-state index is -0.663. The van der Waals surface area contributed by atoms with Crippen molar-refractivity contribution in [2.45, 2.75) is 38.8 Å². The number of rotatable bonds is 4. The maximum absolute atomic E-state index is 12.4. The molecule has 0 radical (unpaired) electrons. The molecule has 0 saturated carbocycles. The summed E-state index contributed by atoms with van der Waals surface area (Å²) in [5, 5.41) is 6.29. The molecule has 1 saturated heterocycles. The second-order valence-electron chi connectivity index (χ2n) is 5.56. The lowest BCUT2D eigenvalue weighted by atomic mass is 9.91. The van der Waals surface area contributed by atoms with Gasteiger partial charge in [0, 0.05) is 13.7 Å². The van der Waals surface area contributed by atoms with Crippen LogP contribution < -0.4 is 10.6 Å². The van der Waals surface area contributed by atoms with Gasteiger partial charge in [0.25, 0.3) is 5.91 Å². The van der Waals surface area contributed by atoms with Crippen molar-refractivity contribution < 1.29 is 9.53 Å². The van der Waals surface area contributed by atoms with Crippen LogP contribution in [0.3, 0.4) is 0 Å². The molecule has 1 amide bonds. The molecule has 2 N–H and O–H groups in total. The van der Waals surface area contributed by atoms with Gasteiger partial charge in [-0.3, -0.25) is 4.79 Å². The standard InChI is InChI=1S/C16H24N2O2/c1-12-4-5-14(13(2)10-12)11-18-15(19)16(20-3)6-8-17-9-7-16/h4-5,10,17H,6-9,11H2,1-3H3,(H,18,19). The van der Waals surface area contributed by atoms with Crippen LogP contribution in [0, 0.1) is 13.8 Å². The number of hydrogen-bond acceptors (Lipinski definition) is 3. The van der Waals surface area contributed by atoms with Crippen molar-refractivity contribution in [3.05, 3.63) is 34.9 Å². The number of amides is 1. The zero-order valence-electron chi connectivity index (χ0n) is 12.6. The fourth-order valence-corrected chi connectivity index (χ4v) is 2.74. The highest BCUT2D eigenvalue weighted by Crippen LogP contribution is 2.23. The smallest absolute Gasteiger partial charge is 0.252 e. The number of carbonyl (C=O) groups excluding carboxylic acids is 1. The minimum Gasteiger partial charge on any atom is -0.368 e. The monoisotopic (exact) mass is 276 g/mol. The highest BCUT2D eigenvalue weighted by Gasteiger charge is 2.39. The maximum atomic E-state index is 12.4. The largest absolute Gasteiger partial charge is 0.368 e. The number of methoxy groups -OCH3 is 1. The van der Waals surface area contributed by atoms with E-state index < -0.39 is 5.60 Å². The van der Waals surface area contributed by atoms with E-state index >= 15 is 0 Å². The molecule has 2 rings (SSSR count). The lowest BCUT2D eigenvalue weighted by Crippen LogP contribution is -2.53. The van der Waals surface area contributed by atoms with E-state index in [1.54, 1.807) is 7.11 Å². The SMILES string of the molecule is COC1(C(=O)NCc2ccc(C)cc2C)CCNCC1. The Kier molecular flexibility index (Phi) is 4.78.